The lowest BCUT2D eigenvalue weighted by Crippen LogP contribution is -2.33. The van der Waals surface area contributed by atoms with Crippen molar-refractivity contribution >= 4 is 0 Å². The fourth-order valence-electron chi connectivity index (χ4n) is 2.01. The largest absolute Gasteiger partial charge is 0.493 e. The summed E-state index contributed by atoms with van der Waals surface area (Å²) in [5, 5.41) is 3.18. The number of benzene rings is 1. The standard InChI is InChI=1S/C13H22N2O3/c1-8(14)12(15-2)9-6-10(16-3)13(18-5)11(7-9)17-4/h6-8,12,15H,14H2,1-5H3. The third-order valence-corrected chi connectivity index (χ3v) is 2.88. The smallest absolute Gasteiger partial charge is 0.203 e. The molecule has 0 radical (unpaired) electrons. The molecule has 0 aliphatic carbocycles. The molecule has 0 spiro atoms. The average molecular weight is 254 g/mol. The number of nitrogens with two attached hydrogens (primary N) is 1. The van der Waals surface area contributed by atoms with Crippen molar-refractivity contribution in [1.82, 2.24) is 5.32 Å². The Bertz CT molecular complexity index is 369. The molecule has 0 aliphatic rings. The molecule has 0 saturated heterocycles. The molecule has 0 heterocycles. The topological polar surface area (TPSA) is 65.7 Å². The molecule has 0 aromatic heterocycles. The monoisotopic (exact) mass is 254 g/mol. The number of ether oxygens (including phenoxy) is 3. The fraction of sp³-hybridized carbons (Fsp3) is 0.538. The molecule has 5 nitrogen and oxygen atoms in total. The highest BCUT2D eigenvalue weighted by Gasteiger charge is 2.20. The molecular weight excluding hydrogens is 232 g/mol. The summed E-state index contributed by atoms with van der Waals surface area (Å²) < 4.78 is 15.9. The Morgan fingerprint density at radius 2 is 1.56 bits per heavy atom. The van der Waals surface area contributed by atoms with Crippen LogP contribution >= 0.6 is 0 Å². The van der Waals surface area contributed by atoms with Crippen molar-refractivity contribution in [2.45, 2.75) is 19.0 Å². The Labute approximate surface area is 108 Å². The van der Waals surface area contributed by atoms with Gasteiger partial charge in [-0.3, -0.25) is 0 Å². The first-order valence-electron chi connectivity index (χ1n) is 5.81. The highest BCUT2D eigenvalue weighted by atomic mass is 16.5. The van der Waals surface area contributed by atoms with Crippen LogP contribution < -0.4 is 25.3 Å². The minimum atomic E-state index is -0.0298. The Balaban J connectivity index is 3.30. The minimum absolute atomic E-state index is 0.0266. The zero-order valence-electron chi connectivity index (χ0n) is 11.6. The van der Waals surface area contributed by atoms with Gasteiger partial charge in [0, 0.05) is 12.1 Å². The maximum absolute atomic E-state index is 5.96. The van der Waals surface area contributed by atoms with Crippen molar-refractivity contribution in [3.05, 3.63) is 17.7 Å². The van der Waals surface area contributed by atoms with Gasteiger partial charge in [0.05, 0.1) is 21.3 Å². The van der Waals surface area contributed by atoms with Crippen LogP contribution in [0.3, 0.4) is 0 Å². The molecule has 2 atom stereocenters. The minimum Gasteiger partial charge on any atom is -0.493 e. The lowest BCUT2D eigenvalue weighted by molar-refractivity contribution is 0.322. The van der Waals surface area contributed by atoms with E-state index in [1.807, 2.05) is 26.1 Å². The lowest BCUT2D eigenvalue weighted by atomic mass is 10.00. The molecule has 3 N–H and O–H groups in total. The summed E-state index contributed by atoms with van der Waals surface area (Å²) in [6.45, 7) is 1.95. The molecule has 1 rings (SSSR count). The van der Waals surface area contributed by atoms with Gasteiger partial charge in [0.25, 0.3) is 0 Å². The van der Waals surface area contributed by atoms with Crippen LogP contribution in [0.4, 0.5) is 0 Å². The molecule has 0 bridgehead atoms. The summed E-state index contributed by atoms with van der Waals surface area (Å²) in [5.41, 5.74) is 6.96. The second-order valence-corrected chi connectivity index (χ2v) is 4.08. The van der Waals surface area contributed by atoms with Crippen LogP contribution in [0, 0.1) is 0 Å². The Kier molecular flexibility index (Phi) is 5.25. The van der Waals surface area contributed by atoms with Crippen LogP contribution in [0.15, 0.2) is 12.1 Å². The van der Waals surface area contributed by atoms with Gasteiger partial charge in [-0.1, -0.05) is 0 Å². The molecule has 0 saturated carbocycles. The number of nitrogens with one attached hydrogen (secondary N) is 1. The first kappa shape index (κ1) is 14.6. The van der Waals surface area contributed by atoms with Gasteiger partial charge in [-0.05, 0) is 31.7 Å². The van der Waals surface area contributed by atoms with E-state index in [4.69, 9.17) is 19.9 Å². The molecule has 0 aliphatic heterocycles. The molecule has 5 heteroatoms. The molecule has 1 aromatic rings. The summed E-state index contributed by atoms with van der Waals surface area (Å²) in [5.74, 6) is 1.85. The maximum atomic E-state index is 5.96. The van der Waals surface area contributed by atoms with E-state index in [-0.39, 0.29) is 12.1 Å². The molecule has 18 heavy (non-hydrogen) atoms. The Hall–Kier alpha value is -1.46. The summed E-state index contributed by atoms with van der Waals surface area (Å²) in [4.78, 5) is 0. The molecule has 0 amide bonds. The van der Waals surface area contributed by atoms with Crippen LogP contribution in [-0.4, -0.2) is 34.4 Å². The van der Waals surface area contributed by atoms with E-state index in [2.05, 4.69) is 5.32 Å². The summed E-state index contributed by atoms with van der Waals surface area (Å²) >= 11 is 0. The third-order valence-electron chi connectivity index (χ3n) is 2.88. The van der Waals surface area contributed by atoms with Crippen LogP contribution in [0.5, 0.6) is 17.2 Å². The van der Waals surface area contributed by atoms with Gasteiger partial charge < -0.3 is 25.3 Å². The number of hydrogen-bond acceptors (Lipinski definition) is 5. The zero-order chi connectivity index (χ0) is 13.7. The van der Waals surface area contributed by atoms with Gasteiger partial charge in [-0.2, -0.15) is 0 Å². The predicted molar refractivity (Wildman–Crippen MR) is 71.5 cm³/mol. The highest BCUT2D eigenvalue weighted by Crippen LogP contribution is 2.39. The maximum Gasteiger partial charge on any atom is 0.203 e. The van der Waals surface area contributed by atoms with Gasteiger partial charge in [0.2, 0.25) is 5.75 Å². The number of likely N-dealkylation sites (N-methyl/N-ethyl adjacent to an activating group) is 1. The number of hydrogen-bond donors (Lipinski definition) is 2. The second kappa shape index (κ2) is 6.47. The lowest BCUT2D eigenvalue weighted by Gasteiger charge is -2.23. The van der Waals surface area contributed by atoms with Crippen molar-refractivity contribution in [3.63, 3.8) is 0 Å². The molecule has 1 aromatic carbocycles. The fourth-order valence-corrected chi connectivity index (χ4v) is 2.01. The number of rotatable bonds is 6. The average Bonchev–Trinajstić information content (AvgIpc) is 2.37. The van der Waals surface area contributed by atoms with Gasteiger partial charge in [0.1, 0.15) is 0 Å². The van der Waals surface area contributed by atoms with Crippen molar-refractivity contribution in [2.24, 2.45) is 5.73 Å². The summed E-state index contributed by atoms with van der Waals surface area (Å²) in [7, 11) is 6.65. The van der Waals surface area contributed by atoms with Crippen molar-refractivity contribution < 1.29 is 14.2 Å². The Morgan fingerprint density at radius 1 is 1.06 bits per heavy atom. The van der Waals surface area contributed by atoms with Crippen LogP contribution in [0.2, 0.25) is 0 Å². The molecular formula is C13H22N2O3. The molecule has 2 unspecified atom stereocenters. The molecule has 0 fully saturated rings. The van der Waals surface area contributed by atoms with Crippen LogP contribution in [0.25, 0.3) is 0 Å². The highest BCUT2D eigenvalue weighted by molar-refractivity contribution is 5.54. The van der Waals surface area contributed by atoms with Gasteiger partial charge in [0.15, 0.2) is 11.5 Å². The van der Waals surface area contributed by atoms with E-state index in [1.165, 1.54) is 0 Å². The van der Waals surface area contributed by atoms with Crippen molar-refractivity contribution in [1.29, 1.82) is 0 Å². The summed E-state index contributed by atoms with van der Waals surface area (Å²) in [6, 6.07) is 3.81. The van der Waals surface area contributed by atoms with E-state index < -0.39 is 0 Å². The third kappa shape index (κ3) is 2.86. The van der Waals surface area contributed by atoms with Crippen LogP contribution in [0.1, 0.15) is 18.5 Å². The van der Waals surface area contributed by atoms with Crippen molar-refractivity contribution in [3.8, 4) is 17.2 Å². The second-order valence-electron chi connectivity index (χ2n) is 4.08. The Morgan fingerprint density at radius 3 is 1.83 bits per heavy atom. The predicted octanol–water partition coefficient (Wildman–Crippen LogP) is 1.32. The van der Waals surface area contributed by atoms with E-state index in [9.17, 15) is 0 Å². The van der Waals surface area contributed by atoms with Gasteiger partial charge in [-0.15, -0.1) is 0 Å². The van der Waals surface area contributed by atoms with E-state index in [1.54, 1.807) is 21.3 Å². The van der Waals surface area contributed by atoms with Crippen molar-refractivity contribution in [2.75, 3.05) is 28.4 Å². The normalized spacial score (nSPS) is 13.9. The van der Waals surface area contributed by atoms with Crippen LogP contribution in [-0.2, 0) is 0 Å². The quantitative estimate of drug-likeness (QED) is 0.801. The summed E-state index contributed by atoms with van der Waals surface area (Å²) in [6.07, 6.45) is 0. The van der Waals surface area contributed by atoms with E-state index in [0.717, 1.165) is 5.56 Å². The van der Waals surface area contributed by atoms with Gasteiger partial charge in [-0.25, -0.2) is 0 Å². The first-order chi connectivity index (χ1) is 8.58. The zero-order valence-corrected chi connectivity index (χ0v) is 11.6. The molecule has 102 valence electrons. The van der Waals surface area contributed by atoms with E-state index in [0.29, 0.717) is 17.2 Å². The first-order valence-corrected chi connectivity index (χ1v) is 5.81. The SMILES string of the molecule is CNC(c1cc(OC)c(OC)c(OC)c1)C(C)N. The van der Waals surface area contributed by atoms with E-state index >= 15 is 0 Å². The van der Waals surface area contributed by atoms with Gasteiger partial charge >= 0.3 is 0 Å². The number of methoxy groups -OCH3 is 3.